The third-order valence-electron chi connectivity index (χ3n) is 3.08. The van der Waals surface area contributed by atoms with Crippen LogP contribution in [0.3, 0.4) is 0 Å². The fourth-order valence-electron chi connectivity index (χ4n) is 1.51. The molecule has 0 radical (unpaired) electrons. The number of aliphatic carboxylic acids is 3. The van der Waals surface area contributed by atoms with Crippen LogP contribution in [0.15, 0.2) is 0 Å². The van der Waals surface area contributed by atoms with Crippen molar-refractivity contribution in [2.75, 3.05) is 39.5 Å². The van der Waals surface area contributed by atoms with Crippen molar-refractivity contribution in [2.45, 2.75) is 24.4 Å². The van der Waals surface area contributed by atoms with E-state index < -0.39 is 48.3 Å². The van der Waals surface area contributed by atoms with Crippen LogP contribution in [0.2, 0.25) is 0 Å². The number of carbonyl (C=O) groups is 4. The zero-order valence-corrected chi connectivity index (χ0v) is 15.1. The van der Waals surface area contributed by atoms with Crippen LogP contribution < -0.4 is 0 Å². The highest BCUT2D eigenvalue weighted by Crippen LogP contribution is 1.98. The van der Waals surface area contributed by atoms with Gasteiger partial charge in [-0.1, -0.05) is 0 Å². The fourth-order valence-corrected chi connectivity index (χ4v) is 1.51. The number of hydrogen-bond acceptors (Lipinski definition) is 12. The summed E-state index contributed by atoms with van der Waals surface area (Å²) in [4.78, 5) is 42.6. The van der Waals surface area contributed by atoms with Gasteiger partial charge in [-0.05, 0) is 0 Å². The first-order valence-corrected chi connectivity index (χ1v) is 7.92. The largest absolute Gasteiger partial charge is 0.479 e. The van der Waals surface area contributed by atoms with E-state index in [9.17, 15) is 19.2 Å². The lowest BCUT2D eigenvalue weighted by atomic mass is 10.2. The molecular formula is C14H25NO14. The van der Waals surface area contributed by atoms with Gasteiger partial charge in [0.1, 0.15) is 6.61 Å². The number of esters is 1. The molecule has 4 unspecified atom stereocenters. The van der Waals surface area contributed by atoms with Crippen molar-refractivity contribution in [3.8, 4) is 0 Å². The Morgan fingerprint density at radius 1 is 0.655 bits per heavy atom. The van der Waals surface area contributed by atoms with E-state index in [0.717, 1.165) is 0 Å². The molecule has 0 rings (SSSR count). The number of carboxylic acids is 3. The van der Waals surface area contributed by atoms with Crippen LogP contribution in [-0.4, -0.2) is 139 Å². The normalized spacial score (nSPS) is 14.7. The van der Waals surface area contributed by atoms with Gasteiger partial charge in [-0.25, -0.2) is 19.2 Å². The maximum Gasteiger partial charge on any atom is 0.338 e. The highest BCUT2D eigenvalue weighted by atomic mass is 16.6. The molecule has 15 heteroatoms. The van der Waals surface area contributed by atoms with E-state index in [-0.39, 0.29) is 39.5 Å². The van der Waals surface area contributed by atoms with Crippen LogP contribution >= 0.6 is 0 Å². The van der Waals surface area contributed by atoms with E-state index in [4.69, 9.17) is 46.0 Å². The summed E-state index contributed by atoms with van der Waals surface area (Å²) in [6, 6.07) is 0. The Bertz CT molecular complexity index is 502. The molecule has 0 heterocycles. The summed E-state index contributed by atoms with van der Waals surface area (Å²) in [7, 11) is 0. The van der Waals surface area contributed by atoms with Gasteiger partial charge in [-0.3, -0.25) is 4.90 Å². The molecule has 0 aliphatic rings. The predicted octanol–water partition coefficient (Wildman–Crippen LogP) is -5.50. The topological polar surface area (TPSA) is 263 Å². The smallest absolute Gasteiger partial charge is 0.338 e. The lowest BCUT2D eigenvalue weighted by Crippen LogP contribution is -2.41. The lowest BCUT2D eigenvalue weighted by Gasteiger charge is -2.20. The second kappa shape index (κ2) is 15.5. The molecule has 0 spiro atoms. The van der Waals surface area contributed by atoms with Crippen LogP contribution in [0.1, 0.15) is 0 Å². The molecule has 0 aromatic heterocycles. The number of rotatable bonds is 13. The molecule has 0 fully saturated rings. The van der Waals surface area contributed by atoms with Crippen LogP contribution in [0.4, 0.5) is 0 Å². The third-order valence-corrected chi connectivity index (χ3v) is 3.08. The van der Waals surface area contributed by atoms with Crippen molar-refractivity contribution in [2.24, 2.45) is 0 Å². The van der Waals surface area contributed by atoms with Crippen molar-refractivity contribution in [1.82, 2.24) is 4.90 Å². The van der Waals surface area contributed by atoms with Gasteiger partial charge in [0.15, 0.2) is 24.4 Å². The van der Waals surface area contributed by atoms with E-state index in [2.05, 4.69) is 4.74 Å². The molecule has 0 saturated carbocycles. The average molecular weight is 431 g/mol. The van der Waals surface area contributed by atoms with Crippen molar-refractivity contribution in [3.63, 3.8) is 0 Å². The molecule has 15 nitrogen and oxygen atoms in total. The Morgan fingerprint density at radius 3 is 1.31 bits per heavy atom. The molecule has 0 aromatic carbocycles. The Labute approximate surface area is 163 Å². The molecular weight excluding hydrogens is 406 g/mol. The quantitative estimate of drug-likeness (QED) is 0.123. The summed E-state index contributed by atoms with van der Waals surface area (Å²) in [5.74, 6) is -6.51. The van der Waals surface area contributed by atoms with Gasteiger partial charge in [0.05, 0.1) is 13.2 Å². The second-order valence-electron chi connectivity index (χ2n) is 5.25. The summed E-state index contributed by atoms with van der Waals surface area (Å²) in [6.45, 7) is 0.324. The van der Waals surface area contributed by atoms with E-state index >= 15 is 0 Å². The van der Waals surface area contributed by atoms with Gasteiger partial charge >= 0.3 is 23.9 Å². The number of aliphatic hydroxyl groups is 6. The minimum Gasteiger partial charge on any atom is -0.479 e. The molecule has 0 aliphatic heterocycles. The van der Waals surface area contributed by atoms with Gasteiger partial charge in [-0.2, -0.15) is 0 Å². The van der Waals surface area contributed by atoms with Crippen molar-refractivity contribution < 1.29 is 69.9 Å². The van der Waals surface area contributed by atoms with Gasteiger partial charge in [0.2, 0.25) is 0 Å². The van der Waals surface area contributed by atoms with Crippen molar-refractivity contribution in [3.05, 3.63) is 0 Å². The van der Waals surface area contributed by atoms with Crippen molar-refractivity contribution in [1.29, 1.82) is 0 Å². The lowest BCUT2D eigenvalue weighted by molar-refractivity contribution is -0.170. The molecule has 0 aromatic rings. The Kier molecular flexibility index (Phi) is 15.4. The summed E-state index contributed by atoms with van der Waals surface area (Å²) in [5.41, 5.74) is 0. The van der Waals surface area contributed by atoms with Gasteiger partial charge in [0.25, 0.3) is 0 Å². The number of aliphatic hydroxyl groups excluding tert-OH is 6. The van der Waals surface area contributed by atoms with Crippen molar-refractivity contribution >= 4 is 23.9 Å². The van der Waals surface area contributed by atoms with Crippen LogP contribution in [-0.2, 0) is 23.9 Å². The molecule has 0 saturated heterocycles. The van der Waals surface area contributed by atoms with Gasteiger partial charge < -0.3 is 50.7 Å². The summed E-state index contributed by atoms with van der Waals surface area (Å²) < 4.78 is 4.58. The maximum absolute atomic E-state index is 11.2. The minimum atomic E-state index is -2.27. The van der Waals surface area contributed by atoms with E-state index in [1.165, 1.54) is 0 Å². The summed E-state index contributed by atoms with van der Waals surface area (Å²) >= 11 is 0. The third kappa shape index (κ3) is 12.6. The molecule has 4 atom stereocenters. The number of ether oxygens (including phenoxy) is 1. The van der Waals surface area contributed by atoms with Gasteiger partial charge in [0, 0.05) is 19.6 Å². The summed E-state index contributed by atoms with van der Waals surface area (Å²) in [6.07, 6.45) is -8.92. The Balaban J connectivity index is 0. The molecule has 0 amide bonds. The SMILES string of the molecule is O=C(O)C(O)C(O)C(=O)O.O=C(O)C(O)C(O)C(=O)OCCN(CCO)CCO. The highest BCUT2D eigenvalue weighted by Gasteiger charge is 2.31. The number of nitrogens with zero attached hydrogens (tertiary/aromatic N) is 1. The molecule has 0 bridgehead atoms. The first kappa shape index (κ1) is 28.8. The number of carbonyl (C=O) groups excluding carboxylic acids is 1. The standard InChI is InChI=1S/C10H19NO8.C4H6O6/c12-4-1-11(2-5-13)3-6-19-10(18)8(15)7(14)9(16)17;5-1(3(7)8)2(6)4(9)10/h7-8,12-15H,1-6H2,(H,16,17);1-2,5-6H,(H,7,8)(H,9,10). The summed E-state index contributed by atoms with van der Waals surface area (Å²) in [5, 5.41) is 76.4. The maximum atomic E-state index is 11.2. The fraction of sp³-hybridized carbons (Fsp3) is 0.714. The minimum absolute atomic E-state index is 0.131. The first-order chi connectivity index (χ1) is 13.4. The zero-order chi connectivity index (χ0) is 23.1. The van der Waals surface area contributed by atoms with E-state index in [1.54, 1.807) is 4.90 Å². The predicted molar refractivity (Wildman–Crippen MR) is 88.5 cm³/mol. The molecule has 0 aliphatic carbocycles. The molecule has 170 valence electrons. The highest BCUT2D eigenvalue weighted by molar-refractivity contribution is 5.84. The molecule has 29 heavy (non-hydrogen) atoms. The van der Waals surface area contributed by atoms with Gasteiger partial charge in [-0.15, -0.1) is 0 Å². The Morgan fingerprint density at radius 2 is 1.00 bits per heavy atom. The van der Waals surface area contributed by atoms with Crippen LogP contribution in [0.25, 0.3) is 0 Å². The number of hydrogen-bond donors (Lipinski definition) is 9. The average Bonchev–Trinajstić information content (AvgIpc) is 2.65. The Hall–Kier alpha value is -2.40. The number of carboxylic acid groups (broad SMARTS) is 3. The molecule has 9 N–H and O–H groups in total. The van der Waals surface area contributed by atoms with E-state index in [0.29, 0.717) is 0 Å². The monoisotopic (exact) mass is 431 g/mol. The zero-order valence-electron chi connectivity index (χ0n) is 15.1. The second-order valence-corrected chi connectivity index (χ2v) is 5.25. The van der Waals surface area contributed by atoms with Crippen LogP contribution in [0.5, 0.6) is 0 Å². The van der Waals surface area contributed by atoms with E-state index in [1.807, 2.05) is 0 Å². The van der Waals surface area contributed by atoms with Crippen LogP contribution in [0, 0.1) is 0 Å². The first-order valence-electron chi connectivity index (χ1n) is 7.92.